The maximum atomic E-state index is 12.3. The predicted octanol–water partition coefficient (Wildman–Crippen LogP) is 6.02. The molecular weight excluding hydrogens is 470 g/mol. The lowest BCUT2D eigenvalue weighted by molar-refractivity contribution is 0.144. The second-order valence-corrected chi connectivity index (χ2v) is 8.14. The second kappa shape index (κ2) is 9.92. The average molecular weight is 494 g/mol. The van der Waals surface area contributed by atoms with E-state index in [2.05, 4.69) is 45.5 Å². The number of amides is 1. The van der Waals surface area contributed by atoms with E-state index >= 15 is 0 Å². The van der Waals surface area contributed by atoms with Crippen LogP contribution in [-0.4, -0.2) is 33.5 Å². The van der Waals surface area contributed by atoms with Gasteiger partial charge >= 0.3 is 6.09 Å². The van der Waals surface area contributed by atoms with Crippen LogP contribution < -0.4 is 14.8 Å². The van der Waals surface area contributed by atoms with Crippen molar-refractivity contribution in [1.82, 2.24) is 5.32 Å². The van der Waals surface area contributed by atoms with Crippen molar-refractivity contribution in [3.8, 4) is 22.6 Å². The highest BCUT2D eigenvalue weighted by atomic mass is 79.9. The van der Waals surface area contributed by atoms with Gasteiger partial charge in [0.25, 0.3) is 0 Å². The lowest BCUT2D eigenvalue weighted by Crippen LogP contribution is -2.26. The number of carbonyl (C=O) groups excluding carboxylic acids is 1. The van der Waals surface area contributed by atoms with Gasteiger partial charge in [-0.15, -0.1) is 0 Å². The molecule has 0 saturated heterocycles. The maximum absolute atomic E-state index is 12.3. The first-order valence-electron chi connectivity index (χ1n) is 10.3. The van der Waals surface area contributed by atoms with Crippen molar-refractivity contribution in [3.63, 3.8) is 0 Å². The molecular formula is C26H24BrNO4. The molecule has 0 spiro atoms. The number of alkyl carbamates (subject to hydrolysis) is 1. The highest BCUT2D eigenvalue weighted by Gasteiger charge is 2.28. The van der Waals surface area contributed by atoms with Crippen LogP contribution in [-0.2, 0) is 4.74 Å². The van der Waals surface area contributed by atoms with Crippen molar-refractivity contribution < 1.29 is 19.0 Å². The third-order valence-corrected chi connectivity index (χ3v) is 6.27. The van der Waals surface area contributed by atoms with Gasteiger partial charge in [-0.05, 0) is 55.9 Å². The first-order valence-corrected chi connectivity index (χ1v) is 11.1. The van der Waals surface area contributed by atoms with Crippen LogP contribution in [0.25, 0.3) is 17.2 Å². The summed E-state index contributed by atoms with van der Waals surface area (Å²) in [5.74, 6) is 1.40. The minimum atomic E-state index is -0.442. The smallest absolute Gasteiger partial charge is 0.407 e. The van der Waals surface area contributed by atoms with Crippen LogP contribution in [0.5, 0.6) is 11.5 Å². The van der Waals surface area contributed by atoms with E-state index in [1.807, 2.05) is 48.6 Å². The zero-order chi connectivity index (χ0) is 22.5. The van der Waals surface area contributed by atoms with E-state index < -0.39 is 6.09 Å². The highest BCUT2D eigenvalue weighted by molar-refractivity contribution is 9.10. The van der Waals surface area contributed by atoms with E-state index in [1.54, 1.807) is 14.2 Å². The molecule has 0 bridgehead atoms. The number of methoxy groups -OCH3 is 2. The quantitative estimate of drug-likeness (QED) is 0.437. The van der Waals surface area contributed by atoms with Crippen molar-refractivity contribution in [2.45, 2.75) is 5.92 Å². The Morgan fingerprint density at radius 3 is 2.09 bits per heavy atom. The molecule has 0 saturated carbocycles. The molecule has 164 valence electrons. The molecule has 5 nitrogen and oxygen atoms in total. The molecule has 1 amide bonds. The third kappa shape index (κ3) is 4.50. The number of hydrogen-bond donors (Lipinski definition) is 1. The fraction of sp³-hybridized carbons (Fsp3) is 0.192. The summed E-state index contributed by atoms with van der Waals surface area (Å²) in [5, 5.41) is 2.77. The Labute approximate surface area is 196 Å². The van der Waals surface area contributed by atoms with Gasteiger partial charge in [-0.2, -0.15) is 0 Å². The Bertz CT molecular complexity index is 1090. The number of ether oxygens (including phenoxy) is 3. The van der Waals surface area contributed by atoms with Crippen molar-refractivity contribution >= 4 is 28.1 Å². The zero-order valence-corrected chi connectivity index (χ0v) is 19.5. The fourth-order valence-corrected chi connectivity index (χ4v) is 4.53. The van der Waals surface area contributed by atoms with Crippen LogP contribution >= 0.6 is 15.9 Å². The summed E-state index contributed by atoms with van der Waals surface area (Å²) in [4.78, 5) is 12.3. The Morgan fingerprint density at radius 2 is 1.53 bits per heavy atom. The van der Waals surface area contributed by atoms with E-state index in [-0.39, 0.29) is 5.92 Å². The number of halogens is 1. The molecule has 0 radical (unpaired) electrons. The van der Waals surface area contributed by atoms with Gasteiger partial charge in [-0.25, -0.2) is 4.79 Å². The van der Waals surface area contributed by atoms with Crippen LogP contribution in [0.15, 0.2) is 71.2 Å². The molecule has 1 aliphatic carbocycles. The number of rotatable bonds is 7. The lowest BCUT2D eigenvalue weighted by atomic mass is 9.98. The molecule has 0 unspecified atom stereocenters. The Balaban J connectivity index is 1.34. The highest BCUT2D eigenvalue weighted by Crippen LogP contribution is 2.44. The largest absolute Gasteiger partial charge is 0.495 e. The van der Waals surface area contributed by atoms with Crippen molar-refractivity contribution in [2.75, 3.05) is 27.4 Å². The van der Waals surface area contributed by atoms with Gasteiger partial charge in [-0.1, -0.05) is 60.7 Å². The molecule has 0 heterocycles. The van der Waals surface area contributed by atoms with Crippen LogP contribution in [0.2, 0.25) is 0 Å². The van der Waals surface area contributed by atoms with Crippen molar-refractivity contribution in [3.05, 3.63) is 87.9 Å². The van der Waals surface area contributed by atoms with E-state index in [4.69, 9.17) is 14.2 Å². The summed E-state index contributed by atoms with van der Waals surface area (Å²) in [6, 6.07) is 20.3. The minimum absolute atomic E-state index is 0.0476. The van der Waals surface area contributed by atoms with Crippen molar-refractivity contribution in [1.29, 1.82) is 0 Å². The summed E-state index contributed by atoms with van der Waals surface area (Å²) < 4.78 is 17.0. The molecule has 0 fully saturated rings. The molecule has 3 aromatic carbocycles. The van der Waals surface area contributed by atoms with Crippen molar-refractivity contribution in [2.24, 2.45) is 0 Å². The van der Waals surface area contributed by atoms with E-state index in [9.17, 15) is 4.79 Å². The zero-order valence-electron chi connectivity index (χ0n) is 17.9. The molecule has 0 aliphatic heterocycles. The maximum Gasteiger partial charge on any atom is 0.407 e. The number of benzene rings is 3. The van der Waals surface area contributed by atoms with Gasteiger partial charge in [0.1, 0.15) is 22.6 Å². The monoisotopic (exact) mass is 493 g/mol. The summed E-state index contributed by atoms with van der Waals surface area (Å²) in [6.45, 7) is 0.641. The molecule has 32 heavy (non-hydrogen) atoms. The van der Waals surface area contributed by atoms with Gasteiger partial charge in [0, 0.05) is 12.5 Å². The Morgan fingerprint density at radius 1 is 0.969 bits per heavy atom. The van der Waals surface area contributed by atoms with E-state index in [0.29, 0.717) is 24.7 Å². The van der Waals surface area contributed by atoms with Crippen LogP contribution in [0.1, 0.15) is 22.6 Å². The second-order valence-electron chi connectivity index (χ2n) is 7.35. The average Bonchev–Trinajstić information content (AvgIpc) is 3.15. The van der Waals surface area contributed by atoms with Crippen LogP contribution in [0, 0.1) is 0 Å². The summed E-state index contributed by atoms with van der Waals surface area (Å²) >= 11 is 3.45. The summed E-state index contributed by atoms with van der Waals surface area (Å²) in [6.07, 6.45) is 3.30. The predicted molar refractivity (Wildman–Crippen MR) is 129 cm³/mol. The fourth-order valence-electron chi connectivity index (χ4n) is 3.97. The Kier molecular flexibility index (Phi) is 6.81. The number of fused-ring (bicyclic) bond motifs is 3. The van der Waals surface area contributed by atoms with Crippen LogP contribution in [0.3, 0.4) is 0 Å². The minimum Gasteiger partial charge on any atom is -0.495 e. The first kappa shape index (κ1) is 22.0. The molecule has 1 N–H and O–H groups in total. The topological polar surface area (TPSA) is 56.8 Å². The summed E-state index contributed by atoms with van der Waals surface area (Å²) in [5.41, 5.74) is 5.70. The molecule has 1 aliphatic rings. The molecule has 6 heteroatoms. The van der Waals surface area contributed by atoms with Gasteiger partial charge in [0.05, 0.1) is 14.2 Å². The molecule has 4 rings (SSSR count). The molecule has 0 atom stereocenters. The van der Waals surface area contributed by atoms with E-state index in [0.717, 1.165) is 10.0 Å². The summed E-state index contributed by atoms with van der Waals surface area (Å²) in [7, 11) is 3.21. The van der Waals surface area contributed by atoms with Gasteiger partial charge in [-0.3, -0.25) is 0 Å². The lowest BCUT2D eigenvalue weighted by Gasteiger charge is -2.14. The van der Waals surface area contributed by atoms with Crippen LogP contribution in [0.4, 0.5) is 4.79 Å². The normalized spacial score (nSPS) is 12.3. The van der Waals surface area contributed by atoms with E-state index in [1.165, 1.54) is 22.3 Å². The Hall–Kier alpha value is -3.25. The molecule has 3 aromatic rings. The number of nitrogens with one attached hydrogen (secondary N) is 1. The standard InChI is InChI=1S/C26H24BrNO4/c1-30-23-14-17(15-24(31-2)25(23)27)8-7-13-28-26(29)32-16-22-20-11-5-3-9-18(20)19-10-4-6-12-21(19)22/h3-12,14-15,22H,13,16H2,1-2H3,(H,28,29). The third-order valence-electron chi connectivity index (χ3n) is 5.49. The van der Waals surface area contributed by atoms with Gasteiger partial charge in [0.2, 0.25) is 0 Å². The van der Waals surface area contributed by atoms with Gasteiger partial charge in [0.15, 0.2) is 0 Å². The molecule has 0 aromatic heterocycles. The number of hydrogen-bond acceptors (Lipinski definition) is 4. The number of carbonyl (C=O) groups is 1. The first-order chi connectivity index (χ1) is 15.6. The SMILES string of the molecule is COc1cc(C=CCNC(=O)OCC2c3ccccc3-c3ccccc32)cc(OC)c1Br. The van der Waals surface area contributed by atoms with Gasteiger partial charge < -0.3 is 19.5 Å².